The number of hydrogen-bond donors (Lipinski definition) is 3. The van der Waals surface area contributed by atoms with Gasteiger partial charge in [0.15, 0.2) is 0 Å². The Balaban J connectivity index is 1.36. The van der Waals surface area contributed by atoms with Gasteiger partial charge in [-0.1, -0.05) is 37.3 Å². The lowest BCUT2D eigenvalue weighted by atomic mass is 9.84. The van der Waals surface area contributed by atoms with E-state index in [1.807, 2.05) is 0 Å². The Hall–Kier alpha value is -4.83. The highest BCUT2D eigenvalue weighted by Crippen LogP contribution is 2.34. The van der Waals surface area contributed by atoms with Crippen molar-refractivity contribution in [3.63, 3.8) is 0 Å². The van der Waals surface area contributed by atoms with Crippen LogP contribution in [0.4, 0.5) is 0 Å². The molecular weight excluding hydrogens is 646 g/mol. The standard InChI is InChI=1S/C34H43N9O7/c1-33(2,49)26-18-37-40-43(26)23-17-25(31(47)39-34(28(44)29(35)45)10-14-50-15-11-34)42(20-23)32(48)24(16-21-6-4-3-5-7-21)38-30(46)22-8-9-27-36-12-13-41(27)19-22/h8-9,12-13,18-19,21,23,25,49H,3-7,10-11,14-17,20H2,1-2H3,(H2,35,45)(H,39,47)/b38-24+/t23-,25-/m0/s1. The maximum atomic E-state index is 14.7. The monoisotopic (exact) mass is 689 g/mol. The van der Waals surface area contributed by atoms with E-state index in [4.69, 9.17) is 10.5 Å². The number of fused-ring (bicyclic) bond motifs is 1. The second-order valence-electron chi connectivity index (χ2n) is 14.0. The van der Waals surface area contributed by atoms with Crippen molar-refractivity contribution in [3.05, 3.63) is 48.2 Å². The minimum atomic E-state index is -1.60. The first kappa shape index (κ1) is 35.0. The van der Waals surface area contributed by atoms with Gasteiger partial charge in [-0.3, -0.25) is 24.0 Å². The van der Waals surface area contributed by atoms with Gasteiger partial charge in [-0.25, -0.2) is 14.7 Å². The number of carbonyl (C=O) groups is 5. The lowest BCUT2D eigenvalue weighted by Crippen LogP contribution is -2.63. The highest BCUT2D eigenvalue weighted by atomic mass is 16.5. The van der Waals surface area contributed by atoms with Crippen LogP contribution in [-0.4, -0.2) is 101 Å². The molecule has 50 heavy (non-hydrogen) atoms. The number of carbonyl (C=O) groups excluding carboxylic acids is 5. The quantitative estimate of drug-likeness (QED) is 0.205. The molecule has 1 saturated carbocycles. The zero-order chi connectivity index (χ0) is 35.6. The lowest BCUT2D eigenvalue weighted by molar-refractivity contribution is -0.146. The third-order valence-corrected chi connectivity index (χ3v) is 10.1. The van der Waals surface area contributed by atoms with Crippen LogP contribution in [0.3, 0.4) is 0 Å². The van der Waals surface area contributed by atoms with Crippen molar-refractivity contribution in [2.45, 2.75) is 94.9 Å². The molecule has 1 aliphatic carbocycles. The molecule has 2 saturated heterocycles. The Bertz CT molecular complexity index is 1810. The summed E-state index contributed by atoms with van der Waals surface area (Å²) in [6.07, 6.45) is 11.5. The summed E-state index contributed by atoms with van der Waals surface area (Å²) in [6, 6.07) is 1.53. The van der Waals surface area contributed by atoms with Gasteiger partial charge in [-0.15, -0.1) is 5.10 Å². The van der Waals surface area contributed by atoms with Crippen LogP contribution in [0, 0.1) is 5.92 Å². The molecule has 2 atom stereocenters. The molecule has 16 nitrogen and oxygen atoms in total. The van der Waals surface area contributed by atoms with Crippen molar-refractivity contribution in [1.82, 2.24) is 34.6 Å². The highest BCUT2D eigenvalue weighted by molar-refractivity contribution is 6.41. The average Bonchev–Trinajstić information content (AvgIpc) is 3.87. The van der Waals surface area contributed by atoms with Crippen LogP contribution in [0.5, 0.6) is 0 Å². The molecule has 3 fully saturated rings. The molecule has 16 heteroatoms. The highest BCUT2D eigenvalue weighted by Gasteiger charge is 2.49. The largest absolute Gasteiger partial charge is 0.384 e. The number of nitrogens with one attached hydrogen (secondary N) is 1. The number of imidazole rings is 1. The number of pyridine rings is 1. The average molecular weight is 690 g/mol. The van der Waals surface area contributed by atoms with Gasteiger partial charge in [0.1, 0.15) is 28.5 Å². The van der Waals surface area contributed by atoms with Crippen molar-refractivity contribution in [2.24, 2.45) is 16.6 Å². The number of likely N-dealkylation sites (tertiary alicyclic amines) is 1. The third kappa shape index (κ3) is 7.21. The molecule has 0 unspecified atom stereocenters. The van der Waals surface area contributed by atoms with E-state index < -0.39 is 52.6 Å². The van der Waals surface area contributed by atoms with Crippen molar-refractivity contribution in [2.75, 3.05) is 19.8 Å². The minimum Gasteiger partial charge on any atom is -0.384 e. The number of aliphatic hydroxyl groups is 1. The van der Waals surface area contributed by atoms with Gasteiger partial charge in [0.25, 0.3) is 17.7 Å². The maximum absolute atomic E-state index is 14.7. The molecule has 3 aliphatic rings. The molecule has 4 N–H and O–H groups in total. The van der Waals surface area contributed by atoms with Gasteiger partial charge in [0, 0.05) is 57.6 Å². The SMILES string of the molecule is CC(C)(O)c1cnnn1[C@H]1C[C@@H](C(=O)NC2(C(=O)C(N)=O)CCOCC2)N(C(=O)/C(CC2CCCCC2)=N/C(=O)c2ccc3nccn3c2)C1. The molecule has 2 aliphatic heterocycles. The smallest absolute Gasteiger partial charge is 0.287 e. The van der Waals surface area contributed by atoms with E-state index in [-0.39, 0.29) is 62.6 Å². The van der Waals surface area contributed by atoms with Gasteiger partial charge in [0.2, 0.25) is 11.7 Å². The maximum Gasteiger partial charge on any atom is 0.287 e. The van der Waals surface area contributed by atoms with Gasteiger partial charge in [-0.05, 0) is 38.3 Å². The Morgan fingerprint density at radius 1 is 1.12 bits per heavy atom. The van der Waals surface area contributed by atoms with Crippen molar-refractivity contribution < 1.29 is 33.8 Å². The van der Waals surface area contributed by atoms with Crippen molar-refractivity contribution >= 4 is 40.8 Å². The molecule has 0 bridgehead atoms. The summed E-state index contributed by atoms with van der Waals surface area (Å²) in [7, 11) is 0. The fraction of sp³-hybridized carbons (Fsp3) is 0.559. The van der Waals surface area contributed by atoms with E-state index in [9.17, 15) is 29.1 Å². The summed E-state index contributed by atoms with van der Waals surface area (Å²) in [5.41, 5.74) is 3.79. The number of ether oxygens (including phenoxy) is 1. The molecule has 0 radical (unpaired) electrons. The number of rotatable bonds is 10. The molecule has 5 heterocycles. The van der Waals surface area contributed by atoms with E-state index in [0.29, 0.717) is 11.3 Å². The summed E-state index contributed by atoms with van der Waals surface area (Å²) in [4.78, 5) is 77.7. The van der Waals surface area contributed by atoms with E-state index in [2.05, 4.69) is 25.6 Å². The van der Waals surface area contributed by atoms with E-state index in [1.54, 1.807) is 49.0 Å². The molecule has 3 aromatic rings. The van der Waals surface area contributed by atoms with Crippen molar-refractivity contribution in [1.29, 1.82) is 0 Å². The summed E-state index contributed by atoms with van der Waals surface area (Å²) < 4.78 is 8.60. The van der Waals surface area contributed by atoms with Gasteiger partial charge in [-0.2, -0.15) is 0 Å². The molecule has 3 aromatic heterocycles. The zero-order valence-corrected chi connectivity index (χ0v) is 28.3. The fourth-order valence-corrected chi connectivity index (χ4v) is 7.34. The topological polar surface area (TPSA) is 216 Å². The number of aromatic nitrogens is 5. The zero-order valence-electron chi connectivity index (χ0n) is 28.3. The van der Waals surface area contributed by atoms with E-state index in [0.717, 1.165) is 32.1 Å². The van der Waals surface area contributed by atoms with Gasteiger partial charge < -0.3 is 30.2 Å². The molecule has 6 rings (SSSR count). The number of aliphatic imine (C=N–C) groups is 1. The lowest BCUT2D eigenvalue weighted by Gasteiger charge is -2.37. The predicted molar refractivity (Wildman–Crippen MR) is 178 cm³/mol. The molecule has 266 valence electrons. The fourth-order valence-electron chi connectivity index (χ4n) is 7.34. The van der Waals surface area contributed by atoms with Crippen LogP contribution >= 0.6 is 0 Å². The summed E-state index contributed by atoms with van der Waals surface area (Å²) in [5.74, 6) is -3.88. The van der Waals surface area contributed by atoms with Crippen LogP contribution in [0.25, 0.3) is 5.65 Å². The Morgan fingerprint density at radius 3 is 2.56 bits per heavy atom. The van der Waals surface area contributed by atoms with Crippen LogP contribution in [-0.2, 0) is 29.5 Å². The second-order valence-corrected chi connectivity index (χ2v) is 14.0. The number of nitrogens with two attached hydrogens (primary N) is 1. The van der Waals surface area contributed by atoms with Gasteiger partial charge in [0.05, 0.1) is 23.5 Å². The first-order valence-corrected chi connectivity index (χ1v) is 17.1. The van der Waals surface area contributed by atoms with Crippen LogP contribution < -0.4 is 11.1 Å². The Morgan fingerprint density at radius 2 is 1.86 bits per heavy atom. The normalized spacial score (nSPS) is 21.7. The van der Waals surface area contributed by atoms with Crippen molar-refractivity contribution in [3.8, 4) is 0 Å². The number of amides is 4. The molecule has 0 aromatic carbocycles. The summed E-state index contributed by atoms with van der Waals surface area (Å²) >= 11 is 0. The second kappa shape index (κ2) is 14.2. The Labute approximate surface area is 288 Å². The van der Waals surface area contributed by atoms with Crippen LogP contribution in [0.15, 0.2) is 41.9 Å². The summed E-state index contributed by atoms with van der Waals surface area (Å²) in [6.45, 7) is 3.37. The van der Waals surface area contributed by atoms with Gasteiger partial charge >= 0.3 is 0 Å². The number of ketones is 1. The summed E-state index contributed by atoms with van der Waals surface area (Å²) in [5, 5.41) is 21.8. The minimum absolute atomic E-state index is 0.0257. The third-order valence-electron chi connectivity index (χ3n) is 10.1. The number of hydrogen-bond acceptors (Lipinski definition) is 10. The number of nitrogens with zero attached hydrogens (tertiary/aromatic N) is 7. The Kier molecular flexibility index (Phi) is 9.94. The first-order chi connectivity index (χ1) is 23.9. The molecular formula is C34H43N9O7. The van der Waals surface area contributed by atoms with Crippen LogP contribution in [0.1, 0.15) is 93.7 Å². The first-order valence-electron chi connectivity index (χ1n) is 17.1. The molecule has 4 amide bonds. The number of primary amides is 1. The number of Topliss-reactive ketones (excluding diaryl/α,β-unsaturated/α-hetero) is 1. The van der Waals surface area contributed by atoms with Crippen LogP contribution in [0.2, 0.25) is 0 Å². The van der Waals surface area contributed by atoms with E-state index >= 15 is 0 Å². The predicted octanol–water partition coefficient (Wildman–Crippen LogP) is 1.27. The molecule has 0 spiro atoms. The van der Waals surface area contributed by atoms with E-state index in [1.165, 1.54) is 15.8 Å².